The van der Waals surface area contributed by atoms with Crippen molar-refractivity contribution in [1.29, 1.82) is 0 Å². The first-order valence-corrected chi connectivity index (χ1v) is 10.0. The summed E-state index contributed by atoms with van der Waals surface area (Å²) >= 11 is 6.36. The first-order chi connectivity index (χ1) is 13.5. The molecule has 1 atom stereocenters. The number of amides is 2. The van der Waals surface area contributed by atoms with E-state index in [1.165, 1.54) is 6.42 Å². The van der Waals surface area contributed by atoms with Gasteiger partial charge in [0.15, 0.2) is 0 Å². The maximum Gasteiger partial charge on any atom is 0.255 e. The van der Waals surface area contributed by atoms with Crippen molar-refractivity contribution in [3.8, 4) is 0 Å². The highest BCUT2D eigenvalue weighted by Crippen LogP contribution is 2.27. The highest BCUT2D eigenvalue weighted by atomic mass is 35.5. The van der Waals surface area contributed by atoms with Gasteiger partial charge in [0.25, 0.3) is 5.91 Å². The second kappa shape index (κ2) is 10.6. The number of rotatable bonds is 5. The molecule has 2 aromatic carbocycles. The van der Waals surface area contributed by atoms with E-state index in [4.69, 9.17) is 17.3 Å². The summed E-state index contributed by atoms with van der Waals surface area (Å²) in [5.41, 5.74) is 7.70. The molecule has 2 aromatic rings. The Balaban J connectivity index is 0.00000300. The lowest BCUT2D eigenvalue weighted by Crippen LogP contribution is -2.38. The van der Waals surface area contributed by atoms with Crippen molar-refractivity contribution < 1.29 is 9.59 Å². The highest BCUT2D eigenvalue weighted by Gasteiger charge is 2.24. The van der Waals surface area contributed by atoms with E-state index < -0.39 is 6.04 Å². The molecule has 3 N–H and O–H groups in total. The molecule has 0 bridgehead atoms. The second-order valence-corrected chi connectivity index (χ2v) is 7.69. The third-order valence-electron chi connectivity index (χ3n) is 5.35. The van der Waals surface area contributed by atoms with Crippen LogP contribution >= 0.6 is 24.0 Å². The van der Waals surface area contributed by atoms with Gasteiger partial charge < -0.3 is 16.0 Å². The minimum Gasteiger partial charge on any atom is -0.339 e. The smallest absolute Gasteiger partial charge is 0.255 e. The van der Waals surface area contributed by atoms with Crippen LogP contribution in [0.5, 0.6) is 0 Å². The third-order valence-corrected chi connectivity index (χ3v) is 5.66. The Kier molecular flexibility index (Phi) is 8.50. The molecule has 0 radical (unpaired) electrons. The average molecular weight is 436 g/mol. The monoisotopic (exact) mass is 435 g/mol. The van der Waals surface area contributed by atoms with Gasteiger partial charge in [-0.2, -0.15) is 0 Å². The lowest BCUT2D eigenvalue weighted by Gasteiger charge is -2.31. The van der Waals surface area contributed by atoms with Crippen molar-refractivity contribution in [2.24, 2.45) is 5.73 Å². The largest absolute Gasteiger partial charge is 0.339 e. The van der Waals surface area contributed by atoms with E-state index in [9.17, 15) is 9.59 Å². The van der Waals surface area contributed by atoms with E-state index in [2.05, 4.69) is 5.32 Å². The van der Waals surface area contributed by atoms with Crippen molar-refractivity contribution in [1.82, 2.24) is 4.90 Å². The van der Waals surface area contributed by atoms with Gasteiger partial charge in [-0.15, -0.1) is 12.4 Å². The summed E-state index contributed by atoms with van der Waals surface area (Å²) in [6.45, 7) is 0. The van der Waals surface area contributed by atoms with Crippen LogP contribution < -0.4 is 11.1 Å². The van der Waals surface area contributed by atoms with Gasteiger partial charge in [0.1, 0.15) is 6.04 Å². The molecule has 7 heteroatoms. The van der Waals surface area contributed by atoms with Gasteiger partial charge in [0.05, 0.1) is 10.6 Å². The number of nitrogens with one attached hydrogen (secondary N) is 1. The maximum absolute atomic E-state index is 12.8. The first-order valence-electron chi connectivity index (χ1n) is 9.65. The van der Waals surface area contributed by atoms with Crippen LogP contribution in [0, 0.1) is 0 Å². The van der Waals surface area contributed by atoms with Crippen LogP contribution in [0.4, 0.5) is 5.69 Å². The number of carbonyl (C=O) groups is 2. The van der Waals surface area contributed by atoms with Gasteiger partial charge in [0.2, 0.25) is 5.91 Å². The number of carbonyl (C=O) groups excluding carboxylic acids is 2. The fourth-order valence-corrected chi connectivity index (χ4v) is 3.88. The summed E-state index contributed by atoms with van der Waals surface area (Å²) in [5, 5.41) is 3.08. The minimum absolute atomic E-state index is 0. The van der Waals surface area contributed by atoms with E-state index in [1.807, 2.05) is 25.2 Å². The van der Waals surface area contributed by atoms with E-state index in [-0.39, 0.29) is 30.3 Å². The van der Waals surface area contributed by atoms with E-state index >= 15 is 0 Å². The molecule has 5 nitrogen and oxygen atoms in total. The number of nitrogens with two attached hydrogens (primary N) is 1. The van der Waals surface area contributed by atoms with Crippen LogP contribution in [-0.2, 0) is 4.79 Å². The number of benzene rings is 2. The van der Waals surface area contributed by atoms with Gasteiger partial charge >= 0.3 is 0 Å². The van der Waals surface area contributed by atoms with Gasteiger partial charge in [0, 0.05) is 18.8 Å². The van der Waals surface area contributed by atoms with Crippen LogP contribution in [0.3, 0.4) is 0 Å². The molecule has 1 saturated carbocycles. The van der Waals surface area contributed by atoms with Crippen LogP contribution in [0.1, 0.15) is 54.1 Å². The standard InChI is InChI=1S/C22H26ClN3O2.ClH/c1-26(17-10-6-3-7-11-17)22(28)18-13-12-16(14-19(18)23)25-21(27)20(24)15-8-4-2-5-9-15;/h2,4-5,8-9,12-14,17,20H,3,6-7,10-11,24H2,1H3,(H,25,27);1H. The predicted octanol–water partition coefficient (Wildman–Crippen LogP) is 4.81. The molecule has 1 aliphatic rings. The zero-order valence-electron chi connectivity index (χ0n) is 16.4. The number of halogens is 2. The zero-order valence-corrected chi connectivity index (χ0v) is 18.0. The van der Waals surface area contributed by atoms with Crippen LogP contribution in [0.2, 0.25) is 5.02 Å². The Morgan fingerprint density at radius 2 is 1.76 bits per heavy atom. The lowest BCUT2D eigenvalue weighted by molar-refractivity contribution is -0.117. The normalized spacial score (nSPS) is 15.1. The van der Waals surface area contributed by atoms with Crippen LogP contribution in [0.25, 0.3) is 0 Å². The van der Waals surface area contributed by atoms with Gasteiger partial charge in [-0.25, -0.2) is 0 Å². The fourth-order valence-electron chi connectivity index (χ4n) is 3.62. The molecule has 1 unspecified atom stereocenters. The summed E-state index contributed by atoms with van der Waals surface area (Å²) in [4.78, 5) is 27.0. The maximum atomic E-state index is 12.8. The van der Waals surface area contributed by atoms with Gasteiger partial charge in [-0.05, 0) is 36.6 Å². The molecular weight excluding hydrogens is 409 g/mol. The molecule has 0 saturated heterocycles. The van der Waals surface area contributed by atoms with Crippen molar-refractivity contribution in [3.05, 3.63) is 64.7 Å². The van der Waals surface area contributed by atoms with E-state index in [0.717, 1.165) is 31.2 Å². The Labute approximate surface area is 183 Å². The SMILES string of the molecule is CN(C(=O)c1ccc(NC(=O)C(N)c2ccccc2)cc1Cl)C1CCCCC1.Cl. The minimum atomic E-state index is -0.779. The molecule has 3 rings (SSSR count). The topological polar surface area (TPSA) is 75.4 Å². The molecule has 156 valence electrons. The second-order valence-electron chi connectivity index (χ2n) is 7.28. The first kappa shape index (κ1) is 23.2. The zero-order chi connectivity index (χ0) is 20.1. The molecule has 0 heterocycles. The quantitative estimate of drug-likeness (QED) is 0.707. The van der Waals surface area contributed by atoms with E-state index in [0.29, 0.717) is 16.3 Å². The number of nitrogens with zero attached hydrogens (tertiary/aromatic N) is 1. The highest BCUT2D eigenvalue weighted by molar-refractivity contribution is 6.34. The summed E-state index contributed by atoms with van der Waals surface area (Å²) < 4.78 is 0. The van der Waals surface area contributed by atoms with E-state index in [1.54, 1.807) is 35.2 Å². The lowest BCUT2D eigenvalue weighted by atomic mass is 9.94. The Bertz CT molecular complexity index is 839. The van der Waals surface area contributed by atoms with Gasteiger partial charge in [-0.1, -0.05) is 61.2 Å². The summed E-state index contributed by atoms with van der Waals surface area (Å²) in [6, 6.07) is 13.6. The Hall–Kier alpha value is -2.08. The Morgan fingerprint density at radius 1 is 1.10 bits per heavy atom. The van der Waals surface area contributed by atoms with Crippen molar-refractivity contribution in [2.45, 2.75) is 44.2 Å². The molecular formula is C22H27Cl2N3O2. The van der Waals surface area contributed by atoms with Crippen molar-refractivity contribution in [3.63, 3.8) is 0 Å². The van der Waals surface area contributed by atoms with Crippen LogP contribution in [-0.4, -0.2) is 29.8 Å². The summed E-state index contributed by atoms with van der Waals surface area (Å²) in [7, 11) is 1.84. The van der Waals surface area contributed by atoms with Crippen molar-refractivity contribution in [2.75, 3.05) is 12.4 Å². The summed E-state index contributed by atoms with van der Waals surface area (Å²) in [5.74, 6) is -0.420. The van der Waals surface area contributed by atoms with Crippen LogP contribution in [0.15, 0.2) is 48.5 Å². The average Bonchev–Trinajstić information content (AvgIpc) is 2.73. The fraction of sp³-hybridized carbons (Fsp3) is 0.364. The molecule has 0 aromatic heterocycles. The molecule has 29 heavy (non-hydrogen) atoms. The molecule has 1 aliphatic carbocycles. The summed E-state index contributed by atoms with van der Waals surface area (Å²) in [6.07, 6.45) is 5.61. The molecule has 2 amide bonds. The molecule has 0 aliphatic heterocycles. The molecule has 1 fully saturated rings. The predicted molar refractivity (Wildman–Crippen MR) is 120 cm³/mol. The Morgan fingerprint density at radius 3 is 2.38 bits per heavy atom. The number of anilines is 1. The van der Waals surface area contributed by atoms with Crippen molar-refractivity contribution >= 4 is 41.5 Å². The third kappa shape index (κ3) is 5.72. The van der Waals surface area contributed by atoms with Gasteiger partial charge in [-0.3, -0.25) is 9.59 Å². The molecule has 0 spiro atoms. The number of hydrogen-bond donors (Lipinski definition) is 2. The number of hydrogen-bond acceptors (Lipinski definition) is 3.